The lowest BCUT2D eigenvalue weighted by molar-refractivity contribution is 0.102. The standard InChI is InChI=1S/C13H16ClN5O/c1-4-15-10-6-5-9(14)12(16-10)13(20)17-11-7-8(2)18-19(11)3/h5-7H,4H2,1-3H3,(H,15,16)(H,17,20). The Labute approximate surface area is 122 Å². The van der Waals surface area contributed by atoms with Gasteiger partial charge in [0.05, 0.1) is 10.7 Å². The number of hydrogen-bond donors (Lipinski definition) is 2. The Balaban J connectivity index is 2.24. The van der Waals surface area contributed by atoms with Gasteiger partial charge in [-0.05, 0) is 26.0 Å². The number of aromatic nitrogens is 3. The first-order valence-corrected chi connectivity index (χ1v) is 6.61. The molecule has 0 aliphatic carbocycles. The van der Waals surface area contributed by atoms with Gasteiger partial charge in [-0.1, -0.05) is 11.6 Å². The van der Waals surface area contributed by atoms with Crippen LogP contribution >= 0.6 is 11.6 Å². The number of carbonyl (C=O) groups is 1. The van der Waals surface area contributed by atoms with E-state index >= 15 is 0 Å². The van der Waals surface area contributed by atoms with E-state index in [4.69, 9.17) is 11.6 Å². The molecule has 0 bridgehead atoms. The molecule has 1 amide bonds. The molecule has 0 saturated carbocycles. The summed E-state index contributed by atoms with van der Waals surface area (Å²) < 4.78 is 1.59. The topological polar surface area (TPSA) is 71.8 Å². The maximum atomic E-state index is 12.2. The normalized spacial score (nSPS) is 10.4. The zero-order valence-corrected chi connectivity index (χ0v) is 12.3. The Kier molecular flexibility index (Phi) is 4.24. The first-order valence-electron chi connectivity index (χ1n) is 6.23. The number of hydrogen-bond acceptors (Lipinski definition) is 4. The van der Waals surface area contributed by atoms with Crippen molar-refractivity contribution < 1.29 is 4.79 Å². The predicted molar refractivity (Wildman–Crippen MR) is 79.3 cm³/mol. The summed E-state index contributed by atoms with van der Waals surface area (Å²) in [6, 6.07) is 5.16. The van der Waals surface area contributed by atoms with Crippen LogP contribution in [0.5, 0.6) is 0 Å². The van der Waals surface area contributed by atoms with E-state index in [2.05, 4.69) is 20.7 Å². The number of halogens is 1. The van der Waals surface area contributed by atoms with Crippen LogP contribution in [-0.4, -0.2) is 27.2 Å². The first kappa shape index (κ1) is 14.3. The quantitative estimate of drug-likeness (QED) is 0.908. The molecule has 6 nitrogen and oxygen atoms in total. The second-order valence-corrected chi connectivity index (χ2v) is 4.71. The van der Waals surface area contributed by atoms with Crippen molar-refractivity contribution in [3.63, 3.8) is 0 Å². The highest BCUT2D eigenvalue weighted by molar-refractivity contribution is 6.34. The smallest absolute Gasteiger partial charge is 0.277 e. The zero-order chi connectivity index (χ0) is 14.7. The Morgan fingerprint density at radius 2 is 2.20 bits per heavy atom. The molecule has 2 rings (SSSR count). The third-order valence-corrected chi connectivity index (χ3v) is 2.97. The fraction of sp³-hybridized carbons (Fsp3) is 0.308. The number of pyridine rings is 1. The summed E-state index contributed by atoms with van der Waals surface area (Å²) in [4.78, 5) is 16.4. The molecule has 0 unspecified atom stereocenters. The van der Waals surface area contributed by atoms with Gasteiger partial charge in [-0.3, -0.25) is 9.48 Å². The predicted octanol–water partition coefficient (Wildman–Crippen LogP) is 2.46. The van der Waals surface area contributed by atoms with Gasteiger partial charge in [0.15, 0.2) is 0 Å². The third-order valence-electron chi connectivity index (χ3n) is 2.66. The van der Waals surface area contributed by atoms with Gasteiger partial charge in [0.1, 0.15) is 17.3 Å². The summed E-state index contributed by atoms with van der Waals surface area (Å²) in [6.07, 6.45) is 0. The van der Waals surface area contributed by atoms with Gasteiger partial charge >= 0.3 is 0 Å². The van der Waals surface area contributed by atoms with Crippen LogP contribution in [0.1, 0.15) is 23.1 Å². The van der Waals surface area contributed by atoms with Crippen molar-refractivity contribution in [1.29, 1.82) is 0 Å². The van der Waals surface area contributed by atoms with Crippen molar-refractivity contribution in [2.75, 3.05) is 17.2 Å². The van der Waals surface area contributed by atoms with Crippen LogP contribution in [0.15, 0.2) is 18.2 Å². The highest BCUT2D eigenvalue weighted by atomic mass is 35.5. The Morgan fingerprint density at radius 1 is 1.45 bits per heavy atom. The zero-order valence-electron chi connectivity index (χ0n) is 11.6. The number of rotatable bonds is 4. The maximum Gasteiger partial charge on any atom is 0.277 e. The highest BCUT2D eigenvalue weighted by Crippen LogP contribution is 2.18. The van der Waals surface area contributed by atoms with Crippen LogP contribution in [0.3, 0.4) is 0 Å². The highest BCUT2D eigenvalue weighted by Gasteiger charge is 2.15. The van der Waals surface area contributed by atoms with Crippen LogP contribution in [0.25, 0.3) is 0 Å². The average Bonchev–Trinajstić information content (AvgIpc) is 2.70. The third kappa shape index (κ3) is 3.08. The molecule has 20 heavy (non-hydrogen) atoms. The summed E-state index contributed by atoms with van der Waals surface area (Å²) in [7, 11) is 1.76. The van der Waals surface area contributed by atoms with Crippen molar-refractivity contribution in [2.45, 2.75) is 13.8 Å². The van der Waals surface area contributed by atoms with E-state index < -0.39 is 0 Å². The van der Waals surface area contributed by atoms with Crippen molar-refractivity contribution >= 4 is 29.1 Å². The van der Waals surface area contributed by atoms with E-state index in [0.717, 1.165) is 12.2 Å². The van der Waals surface area contributed by atoms with E-state index in [9.17, 15) is 4.79 Å². The van der Waals surface area contributed by atoms with Crippen molar-refractivity contribution in [3.05, 3.63) is 34.6 Å². The molecule has 0 saturated heterocycles. The second kappa shape index (κ2) is 5.92. The average molecular weight is 294 g/mol. The minimum Gasteiger partial charge on any atom is -0.370 e. The fourth-order valence-electron chi connectivity index (χ4n) is 1.78. The van der Waals surface area contributed by atoms with Crippen molar-refractivity contribution in [1.82, 2.24) is 14.8 Å². The van der Waals surface area contributed by atoms with Gasteiger partial charge < -0.3 is 10.6 Å². The number of amides is 1. The van der Waals surface area contributed by atoms with Gasteiger partial charge in [-0.15, -0.1) is 0 Å². The van der Waals surface area contributed by atoms with Crippen LogP contribution in [-0.2, 0) is 7.05 Å². The Morgan fingerprint density at radius 3 is 2.80 bits per heavy atom. The van der Waals surface area contributed by atoms with Gasteiger partial charge in [-0.25, -0.2) is 4.98 Å². The maximum absolute atomic E-state index is 12.2. The van der Waals surface area contributed by atoms with Crippen LogP contribution < -0.4 is 10.6 Å². The fourth-order valence-corrected chi connectivity index (χ4v) is 1.98. The number of nitrogens with zero attached hydrogens (tertiary/aromatic N) is 3. The summed E-state index contributed by atoms with van der Waals surface area (Å²) in [5.41, 5.74) is 1.01. The molecule has 0 atom stereocenters. The first-order chi connectivity index (χ1) is 9.51. The molecule has 106 valence electrons. The largest absolute Gasteiger partial charge is 0.370 e. The van der Waals surface area contributed by atoms with Crippen molar-refractivity contribution in [3.8, 4) is 0 Å². The SMILES string of the molecule is CCNc1ccc(Cl)c(C(=O)Nc2cc(C)nn2C)n1. The Bertz CT molecular complexity index is 638. The minimum atomic E-state index is -0.363. The number of anilines is 2. The lowest BCUT2D eigenvalue weighted by Gasteiger charge is -2.08. The molecule has 0 spiro atoms. The van der Waals surface area contributed by atoms with E-state index in [1.54, 1.807) is 29.9 Å². The van der Waals surface area contributed by atoms with Gasteiger partial charge in [-0.2, -0.15) is 5.10 Å². The van der Waals surface area contributed by atoms with Gasteiger partial charge in [0, 0.05) is 19.7 Å². The molecule has 2 N–H and O–H groups in total. The molecule has 0 aliphatic heterocycles. The minimum absolute atomic E-state index is 0.184. The van der Waals surface area contributed by atoms with Gasteiger partial charge in [0.25, 0.3) is 5.91 Å². The second-order valence-electron chi connectivity index (χ2n) is 4.31. The van der Waals surface area contributed by atoms with Crippen LogP contribution in [0, 0.1) is 6.92 Å². The lowest BCUT2D eigenvalue weighted by atomic mass is 10.3. The van der Waals surface area contributed by atoms with E-state index in [-0.39, 0.29) is 11.6 Å². The summed E-state index contributed by atoms with van der Waals surface area (Å²) in [5.74, 6) is 0.847. The number of carbonyl (C=O) groups excluding carboxylic acids is 1. The molecule has 2 heterocycles. The van der Waals surface area contributed by atoms with E-state index in [1.165, 1.54) is 0 Å². The molecule has 2 aromatic heterocycles. The van der Waals surface area contributed by atoms with E-state index in [1.807, 2.05) is 13.8 Å². The molecule has 0 aromatic carbocycles. The molecule has 0 aliphatic rings. The van der Waals surface area contributed by atoms with Crippen LogP contribution in [0.4, 0.5) is 11.6 Å². The van der Waals surface area contributed by atoms with Gasteiger partial charge in [0.2, 0.25) is 0 Å². The monoisotopic (exact) mass is 293 g/mol. The lowest BCUT2D eigenvalue weighted by Crippen LogP contribution is -2.17. The Hall–Kier alpha value is -2.08. The molecule has 7 heteroatoms. The summed E-state index contributed by atoms with van der Waals surface area (Å²) >= 11 is 6.03. The molecular weight excluding hydrogens is 278 g/mol. The summed E-state index contributed by atoms with van der Waals surface area (Å²) in [6.45, 7) is 4.53. The summed E-state index contributed by atoms with van der Waals surface area (Å²) in [5, 5.41) is 10.3. The molecular formula is C13H16ClN5O. The number of nitrogens with one attached hydrogen (secondary N) is 2. The van der Waals surface area contributed by atoms with Crippen molar-refractivity contribution in [2.24, 2.45) is 7.05 Å². The number of aryl methyl sites for hydroxylation is 2. The van der Waals surface area contributed by atoms with Crippen LogP contribution in [0.2, 0.25) is 5.02 Å². The molecule has 2 aromatic rings. The molecule has 0 radical (unpaired) electrons. The molecule has 0 fully saturated rings. The van der Waals surface area contributed by atoms with E-state index in [0.29, 0.717) is 16.7 Å².